The molecule has 0 radical (unpaired) electrons. The number of hydrogen-bond acceptors (Lipinski definition) is 5. The number of aryl methyl sites for hydroxylation is 2. The second-order valence-electron chi connectivity index (χ2n) is 8.64. The van der Waals surface area contributed by atoms with Crippen LogP contribution in [0.1, 0.15) is 61.3 Å². The Morgan fingerprint density at radius 3 is 2.61 bits per heavy atom. The van der Waals surface area contributed by atoms with Gasteiger partial charge in [0.15, 0.2) is 0 Å². The highest BCUT2D eigenvalue weighted by molar-refractivity contribution is 6.40. The summed E-state index contributed by atoms with van der Waals surface area (Å²) in [5.74, 6) is -0.976. The molecule has 1 heterocycles. The molecule has 154 valence electrons. The topological polar surface area (TPSA) is 107 Å². The van der Waals surface area contributed by atoms with Crippen molar-refractivity contribution in [1.82, 2.24) is 4.90 Å². The first-order chi connectivity index (χ1) is 13.3. The summed E-state index contributed by atoms with van der Waals surface area (Å²) in [5, 5.41) is 27.7. The fourth-order valence-corrected chi connectivity index (χ4v) is 5.04. The lowest BCUT2D eigenvalue weighted by atomic mass is 9.74. The Hall–Kier alpha value is -1.41. The van der Waals surface area contributed by atoms with Crippen molar-refractivity contribution in [1.29, 1.82) is 0 Å². The van der Waals surface area contributed by atoms with Crippen molar-refractivity contribution in [2.45, 2.75) is 69.8 Å². The Bertz CT molecular complexity index is 691. The molecular weight excluding hydrogens is 355 g/mol. The SMILES string of the molecule is Cc1ccc2c(c1)C(N1CCC([C@@](N)(CCCCB(O)O)C(=O)O)CC1)CC2. The number of fused-ring (bicyclic) bond motifs is 1. The van der Waals surface area contributed by atoms with Gasteiger partial charge in [-0.05, 0) is 75.5 Å². The van der Waals surface area contributed by atoms with Crippen LogP contribution in [-0.4, -0.2) is 51.8 Å². The van der Waals surface area contributed by atoms with E-state index in [4.69, 9.17) is 15.8 Å². The second-order valence-corrected chi connectivity index (χ2v) is 8.64. The van der Waals surface area contributed by atoms with Crippen LogP contribution < -0.4 is 5.73 Å². The number of unbranched alkanes of at least 4 members (excludes halogenated alkanes) is 1. The molecule has 0 bridgehead atoms. The van der Waals surface area contributed by atoms with E-state index in [0.29, 0.717) is 25.3 Å². The van der Waals surface area contributed by atoms with Crippen LogP contribution in [0.25, 0.3) is 0 Å². The number of benzene rings is 1. The Morgan fingerprint density at radius 2 is 1.96 bits per heavy atom. The van der Waals surface area contributed by atoms with Crippen LogP contribution in [0.15, 0.2) is 18.2 Å². The third kappa shape index (κ3) is 4.59. The Labute approximate surface area is 167 Å². The third-order valence-corrected chi connectivity index (χ3v) is 6.75. The van der Waals surface area contributed by atoms with Crippen LogP contribution in [0.3, 0.4) is 0 Å². The van der Waals surface area contributed by atoms with E-state index in [1.54, 1.807) is 0 Å². The van der Waals surface area contributed by atoms with E-state index < -0.39 is 18.6 Å². The molecule has 1 aromatic carbocycles. The van der Waals surface area contributed by atoms with E-state index in [1.165, 1.54) is 16.7 Å². The predicted molar refractivity (Wildman–Crippen MR) is 110 cm³/mol. The molecule has 7 heteroatoms. The first kappa shape index (κ1) is 21.3. The summed E-state index contributed by atoms with van der Waals surface area (Å²) in [6, 6.07) is 7.17. The van der Waals surface area contributed by atoms with Gasteiger partial charge in [0.2, 0.25) is 0 Å². The standard InChI is InChI=1S/C21H33BN2O4/c1-15-4-5-16-6-7-19(18(16)14-15)24-12-8-17(9-13-24)21(23,20(25)26)10-2-3-11-22(27)28/h4-5,14,17,19,27-28H,2-3,6-13,23H2,1H3,(H,25,26)/t19?,21-/m0/s1. The van der Waals surface area contributed by atoms with Crippen molar-refractivity contribution >= 4 is 13.1 Å². The number of nitrogens with two attached hydrogens (primary N) is 1. The van der Waals surface area contributed by atoms with Gasteiger partial charge in [-0.15, -0.1) is 0 Å². The molecule has 0 spiro atoms. The quantitative estimate of drug-likeness (QED) is 0.402. The zero-order chi connectivity index (χ0) is 20.3. The van der Waals surface area contributed by atoms with Crippen LogP contribution in [-0.2, 0) is 11.2 Å². The first-order valence-electron chi connectivity index (χ1n) is 10.5. The molecule has 0 aromatic heterocycles. The van der Waals surface area contributed by atoms with Gasteiger partial charge in [0, 0.05) is 6.04 Å². The summed E-state index contributed by atoms with van der Waals surface area (Å²) in [5.41, 5.74) is 9.34. The van der Waals surface area contributed by atoms with Gasteiger partial charge in [-0.2, -0.15) is 0 Å². The number of carboxylic acid groups (broad SMARTS) is 1. The van der Waals surface area contributed by atoms with Gasteiger partial charge in [0.1, 0.15) is 5.54 Å². The van der Waals surface area contributed by atoms with Gasteiger partial charge < -0.3 is 20.9 Å². The lowest BCUT2D eigenvalue weighted by molar-refractivity contribution is -0.147. The summed E-state index contributed by atoms with van der Waals surface area (Å²) in [6.45, 7) is 3.89. The number of hydrogen-bond donors (Lipinski definition) is 4. The van der Waals surface area contributed by atoms with Crippen molar-refractivity contribution in [3.63, 3.8) is 0 Å². The minimum absolute atomic E-state index is 0.0429. The van der Waals surface area contributed by atoms with Gasteiger partial charge in [-0.25, -0.2) is 0 Å². The molecule has 28 heavy (non-hydrogen) atoms. The molecule has 0 amide bonds. The Kier molecular flexibility index (Phi) is 6.81. The van der Waals surface area contributed by atoms with Crippen LogP contribution >= 0.6 is 0 Å². The van der Waals surface area contributed by atoms with Crippen molar-refractivity contribution in [3.8, 4) is 0 Å². The highest BCUT2D eigenvalue weighted by atomic mass is 16.4. The summed E-state index contributed by atoms with van der Waals surface area (Å²) in [4.78, 5) is 14.5. The van der Waals surface area contributed by atoms with E-state index in [9.17, 15) is 9.90 Å². The number of piperidine rings is 1. The minimum Gasteiger partial charge on any atom is -0.480 e. The molecule has 1 fully saturated rings. The molecule has 1 unspecified atom stereocenters. The zero-order valence-corrected chi connectivity index (χ0v) is 16.8. The monoisotopic (exact) mass is 388 g/mol. The summed E-state index contributed by atoms with van der Waals surface area (Å²) >= 11 is 0. The number of carboxylic acids is 1. The fraction of sp³-hybridized carbons (Fsp3) is 0.667. The summed E-state index contributed by atoms with van der Waals surface area (Å²) in [6.07, 6.45) is 5.65. The van der Waals surface area contributed by atoms with E-state index >= 15 is 0 Å². The fourth-order valence-electron chi connectivity index (χ4n) is 5.04. The van der Waals surface area contributed by atoms with Gasteiger partial charge in [-0.3, -0.25) is 9.69 Å². The number of likely N-dealkylation sites (tertiary alicyclic amines) is 1. The molecule has 6 nitrogen and oxygen atoms in total. The molecule has 1 aliphatic heterocycles. The first-order valence-corrected chi connectivity index (χ1v) is 10.5. The maximum atomic E-state index is 12.0. The molecular formula is C21H33BN2O4. The lowest BCUT2D eigenvalue weighted by Gasteiger charge is -2.42. The number of nitrogens with zero attached hydrogens (tertiary/aromatic N) is 1. The second kappa shape index (κ2) is 8.95. The molecule has 1 aromatic rings. The zero-order valence-electron chi connectivity index (χ0n) is 16.8. The third-order valence-electron chi connectivity index (χ3n) is 6.75. The molecule has 1 saturated heterocycles. The molecule has 1 aliphatic carbocycles. The van der Waals surface area contributed by atoms with Gasteiger partial charge in [-0.1, -0.05) is 36.6 Å². The lowest BCUT2D eigenvalue weighted by Crippen LogP contribution is -2.57. The summed E-state index contributed by atoms with van der Waals surface area (Å²) < 4.78 is 0. The van der Waals surface area contributed by atoms with Gasteiger partial charge in [0.25, 0.3) is 0 Å². The maximum absolute atomic E-state index is 12.0. The van der Waals surface area contributed by atoms with Gasteiger partial charge in [0.05, 0.1) is 0 Å². The Morgan fingerprint density at radius 1 is 1.25 bits per heavy atom. The number of aliphatic carboxylic acids is 1. The summed E-state index contributed by atoms with van der Waals surface area (Å²) in [7, 11) is -1.34. The van der Waals surface area contributed by atoms with Crippen LogP contribution in [0, 0.1) is 12.8 Å². The van der Waals surface area contributed by atoms with E-state index in [2.05, 4.69) is 30.0 Å². The van der Waals surface area contributed by atoms with Crippen molar-refractivity contribution in [2.24, 2.45) is 11.7 Å². The Balaban J connectivity index is 1.59. The minimum atomic E-state index is -1.34. The molecule has 2 aliphatic rings. The smallest absolute Gasteiger partial charge is 0.451 e. The average molecular weight is 388 g/mol. The van der Waals surface area contributed by atoms with E-state index in [0.717, 1.165) is 38.8 Å². The normalized spacial score (nSPS) is 22.6. The van der Waals surface area contributed by atoms with E-state index in [-0.39, 0.29) is 12.2 Å². The largest absolute Gasteiger partial charge is 0.480 e. The number of carbonyl (C=O) groups is 1. The van der Waals surface area contributed by atoms with Crippen LogP contribution in [0.5, 0.6) is 0 Å². The highest BCUT2D eigenvalue weighted by Crippen LogP contribution is 2.40. The van der Waals surface area contributed by atoms with E-state index in [1.807, 2.05) is 0 Å². The van der Waals surface area contributed by atoms with Crippen molar-refractivity contribution < 1.29 is 19.9 Å². The molecule has 5 N–H and O–H groups in total. The van der Waals surface area contributed by atoms with Crippen molar-refractivity contribution in [3.05, 3.63) is 34.9 Å². The average Bonchev–Trinajstić information content (AvgIpc) is 3.08. The molecule has 2 atom stereocenters. The van der Waals surface area contributed by atoms with Gasteiger partial charge >= 0.3 is 13.1 Å². The molecule has 0 saturated carbocycles. The van der Waals surface area contributed by atoms with Crippen LogP contribution in [0.4, 0.5) is 0 Å². The number of rotatable bonds is 8. The van der Waals surface area contributed by atoms with Crippen LogP contribution in [0.2, 0.25) is 6.32 Å². The highest BCUT2D eigenvalue weighted by Gasteiger charge is 2.44. The maximum Gasteiger partial charge on any atom is 0.451 e. The van der Waals surface area contributed by atoms with Crippen molar-refractivity contribution in [2.75, 3.05) is 13.1 Å². The predicted octanol–water partition coefficient (Wildman–Crippen LogP) is 2.12. The molecule has 3 rings (SSSR count).